The molecular formula is C11H11N3S. The zero-order valence-electron chi connectivity index (χ0n) is 8.34. The molecule has 0 saturated heterocycles. The molecule has 76 valence electrons. The standard InChI is InChI=1S/C11H11N3S/c1-8-13-7-6-11(14-8)15-10-4-2-9(12)3-5-10/h2-7H,12H2,1H3. The minimum atomic E-state index is 0.776. The first-order chi connectivity index (χ1) is 7.24. The predicted octanol–water partition coefficient (Wildman–Crippen LogP) is 2.52. The number of aromatic nitrogens is 2. The fourth-order valence-corrected chi connectivity index (χ4v) is 1.97. The average Bonchev–Trinajstić information content (AvgIpc) is 2.22. The van der Waals surface area contributed by atoms with E-state index in [0.29, 0.717) is 0 Å². The van der Waals surface area contributed by atoms with Crippen LogP contribution in [0.4, 0.5) is 5.69 Å². The largest absolute Gasteiger partial charge is 0.399 e. The molecule has 0 amide bonds. The summed E-state index contributed by atoms with van der Waals surface area (Å²) in [4.78, 5) is 9.49. The van der Waals surface area contributed by atoms with Gasteiger partial charge in [-0.1, -0.05) is 11.8 Å². The van der Waals surface area contributed by atoms with Crippen LogP contribution in [-0.2, 0) is 0 Å². The van der Waals surface area contributed by atoms with Gasteiger partial charge < -0.3 is 5.73 Å². The van der Waals surface area contributed by atoms with Crippen molar-refractivity contribution in [2.45, 2.75) is 16.8 Å². The summed E-state index contributed by atoms with van der Waals surface area (Å²) in [5, 5.41) is 0.951. The Bertz CT molecular complexity index is 454. The number of nitrogens with two attached hydrogens (primary N) is 1. The van der Waals surface area contributed by atoms with Gasteiger partial charge in [0.2, 0.25) is 0 Å². The van der Waals surface area contributed by atoms with Crippen LogP contribution in [0.3, 0.4) is 0 Å². The molecule has 2 rings (SSSR count). The Labute approximate surface area is 92.8 Å². The molecule has 0 atom stereocenters. The van der Waals surface area contributed by atoms with Crippen LogP contribution >= 0.6 is 11.8 Å². The second kappa shape index (κ2) is 4.31. The molecule has 0 aliphatic carbocycles. The topological polar surface area (TPSA) is 51.8 Å². The summed E-state index contributed by atoms with van der Waals surface area (Å²) in [7, 11) is 0. The van der Waals surface area contributed by atoms with Crippen molar-refractivity contribution in [1.29, 1.82) is 0 Å². The Morgan fingerprint density at radius 3 is 2.53 bits per heavy atom. The first-order valence-corrected chi connectivity index (χ1v) is 5.39. The van der Waals surface area contributed by atoms with Crippen molar-refractivity contribution in [2.75, 3.05) is 5.73 Å². The molecule has 0 bridgehead atoms. The third-order valence-electron chi connectivity index (χ3n) is 1.85. The van der Waals surface area contributed by atoms with E-state index in [1.807, 2.05) is 37.3 Å². The second-order valence-corrected chi connectivity index (χ2v) is 4.21. The van der Waals surface area contributed by atoms with Crippen molar-refractivity contribution in [3.63, 3.8) is 0 Å². The van der Waals surface area contributed by atoms with Crippen molar-refractivity contribution < 1.29 is 0 Å². The van der Waals surface area contributed by atoms with Gasteiger partial charge in [-0.2, -0.15) is 0 Å². The number of anilines is 1. The van der Waals surface area contributed by atoms with Gasteiger partial charge in [0.05, 0.1) is 0 Å². The molecule has 4 heteroatoms. The van der Waals surface area contributed by atoms with Gasteiger partial charge in [-0.3, -0.25) is 0 Å². The van der Waals surface area contributed by atoms with E-state index in [9.17, 15) is 0 Å². The van der Waals surface area contributed by atoms with Crippen molar-refractivity contribution >= 4 is 17.4 Å². The molecule has 0 unspecified atom stereocenters. The summed E-state index contributed by atoms with van der Waals surface area (Å²) in [6.45, 7) is 1.88. The van der Waals surface area contributed by atoms with Gasteiger partial charge in [-0.25, -0.2) is 9.97 Å². The van der Waals surface area contributed by atoms with Gasteiger partial charge in [-0.05, 0) is 37.3 Å². The zero-order chi connectivity index (χ0) is 10.7. The van der Waals surface area contributed by atoms with E-state index >= 15 is 0 Å². The summed E-state index contributed by atoms with van der Waals surface area (Å²) in [5.74, 6) is 0.787. The molecule has 0 radical (unpaired) electrons. The number of rotatable bonds is 2. The summed E-state index contributed by atoms with van der Waals surface area (Å²) < 4.78 is 0. The van der Waals surface area contributed by atoms with Gasteiger partial charge in [-0.15, -0.1) is 0 Å². The lowest BCUT2D eigenvalue weighted by molar-refractivity contribution is 0.967. The van der Waals surface area contributed by atoms with Crippen molar-refractivity contribution in [3.05, 3.63) is 42.4 Å². The highest BCUT2D eigenvalue weighted by Crippen LogP contribution is 2.25. The molecule has 0 aliphatic rings. The van der Waals surface area contributed by atoms with Gasteiger partial charge in [0.25, 0.3) is 0 Å². The van der Waals surface area contributed by atoms with E-state index < -0.39 is 0 Å². The third-order valence-corrected chi connectivity index (χ3v) is 2.80. The first-order valence-electron chi connectivity index (χ1n) is 4.57. The molecular weight excluding hydrogens is 206 g/mol. The lowest BCUT2D eigenvalue weighted by Crippen LogP contribution is -1.88. The Morgan fingerprint density at radius 2 is 1.87 bits per heavy atom. The van der Waals surface area contributed by atoms with Crippen LogP contribution in [0.5, 0.6) is 0 Å². The van der Waals surface area contributed by atoms with Gasteiger partial charge in [0.15, 0.2) is 0 Å². The Balaban J connectivity index is 2.18. The van der Waals surface area contributed by atoms with E-state index in [4.69, 9.17) is 5.73 Å². The van der Waals surface area contributed by atoms with Crippen LogP contribution in [0, 0.1) is 6.92 Å². The quantitative estimate of drug-likeness (QED) is 0.620. The fourth-order valence-electron chi connectivity index (χ4n) is 1.15. The molecule has 1 aromatic carbocycles. The lowest BCUT2D eigenvalue weighted by atomic mass is 10.3. The number of benzene rings is 1. The summed E-state index contributed by atoms with van der Waals surface area (Å²) in [5.41, 5.74) is 6.39. The van der Waals surface area contributed by atoms with Crippen LogP contribution in [0.25, 0.3) is 0 Å². The number of nitrogen functional groups attached to an aromatic ring is 1. The minimum Gasteiger partial charge on any atom is -0.399 e. The first kappa shape index (κ1) is 9.98. The molecule has 0 fully saturated rings. The maximum absolute atomic E-state index is 5.61. The molecule has 0 saturated carbocycles. The second-order valence-electron chi connectivity index (χ2n) is 3.11. The van der Waals surface area contributed by atoms with Crippen molar-refractivity contribution in [1.82, 2.24) is 9.97 Å². The van der Waals surface area contributed by atoms with Crippen LogP contribution in [0.2, 0.25) is 0 Å². The van der Waals surface area contributed by atoms with Crippen LogP contribution in [-0.4, -0.2) is 9.97 Å². The highest BCUT2D eigenvalue weighted by Gasteiger charge is 1.98. The molecule has 2 N–H and O–H groups in total. The van der Waals surface area contributed by atoms with E-state index in [1.165, 1.54) is 0 Å². The molecule has 15 heavy (non-hydrogen) atoms. The van der Waals surface area contributed by atoms with Crippen LogP contribution in [0.15, 0.2) is 46.5 Å². The van der Waals surface area contributed by atoms with Gasteiger partial charge in [0.1, 0.15) is 10.9 Å². The molecule has 1 aromatic heterocycles. The number of hydrogen-bond donors (Lipinski definition) is 1. The smallest absolute Gasteiger partial charge is 0.126 e. The molecule has 0 spiro atoms. The third kappa shape index (κ3) is 2.70. The highest BCUT2D eigenvalue weighted by molar-refractivity contribution is 7.99. The predicted molar refractivity (Wildman–Crippen MR) is 61.7 cm³/mol. The summed E-state index contributed by atoms with van der Waals surface area (Å²) in [6.07, 6.45) is 1.77. The summed E-state index contributed by atoms with van der Waals surface area (Å²) in [6, 6.07) is 9.63. The van der Waals surface area contributed by atoms with Crippen LogP contribution < -0.4 is 5.73 Å². The maximum atomic E-state index is 5.61. The van der Waals surface area contributed by atoms with Gasteiger partial charge in [0, 0.05) is 16.8 Å². The molecule has 0 aliphatic heterocycles. The normalized spacial score (nSPS) is 10.2. The fraction of sp³-hybridized carbons (Fsp3) is 0.0909. The van der Waals surface area contributed by atoms with E-state index in [0.717, 1.165) is 21.4 Å². The van der Waals surface area contributed by atoms with E-state index in [1.54, 1.807) is 18.0 Å². The minimum absolute atomic E-state index is 0.776. The molecule has 2 aromatic rings. The van der Waals surface area contributed by atoms with Crippen molar-refractivity contribution in [3.8, 4) is 0 Å². The number of hydrogen-bond acceptors (Lipinski definition) is 4. The molecule has 1 heterocycles. The Kier molecular flexibility index (Phi) is 2.87. The van der Waals surface area contributed by atoms with E-state index in [2.05, 4.69) is 9.97 Å². The Hall–Kier alpha value is -1.55. The average molecular weight is 217 g/mol. The number of aryl methyl sites for hydroxylation is 1. The number of nitrogens with zero attached hydrogens (tertiary/aromatic N) is 2. The van der Waals surface area contributed by atoms with Gasteiger partial charge >= 0.3 is 0 Å². The monoisotopic (exact) mass is 217 g/mol. The lowest BCUT2D eigenvalue weighted by Gasteiger charge is -2.01. The summed E-state index contributed by atoms with van der Waals surface area (Å²) >= 11 is 1.60. The van der Waals surface area contributed by atoms with E-state index in [-0.39, 0.29) is 0 Å². The Morgan fingerprint density at radius 1 is 1.13 bits per heavy atom. The van der Waals surface area contributed by atoms with Crippen LogP contribution in [0.1, 0.15) is 5.82 Å². The van der Waals surface area contributed by atoms with Crippen molar-refractivity contribution in [2.24, 2.45) is 0 Å². The molecule has 3 nitrogen and oxygen atoms in total. The highest BCUT2D eigenvalue weighted by atomic mass is 32.2. The SMILES string of the molecule is Cc1nccc(Sc2ccc(N)cc2)n1. The maximum Gasteiger partial charge on any atom is 0.126 e. The zero-order valence-corrected chi connectivity index (χ0v) is 9.16.